The predicted molar refractivity (Wildman–Crippen MR) is 106 cm³/mol. The first-order valence-corrected chi connectivity index (χ1v) is 10.2. The highest BCUT2D eigenvalue weighted by molar-refractivity contribution is 5.58. The third-order valence-corrected chi connectivity index (χ3v) is 5.58. The van der Waals surface area contributed by atoms with Crippen LogP contribution in [0.1, 0.15) is 38.1 Å². The second kappa shape index (κ2) is 7.71. The number of anilines is 1. The van der Waals surface area contributed by atoms with Crippen molar-refractivity contribution in [3.63, 3.8) is 0 Å². The van der Waals surface area contributed by atoms with Gasteiger partial charge in [0, 0.05) is 37.6 Å². The van der Waals surface area contributed by atoms with Gasteiger partial charge in [-0.25, -0.2) is 4.98 Å². The van der Waals surface area contributed by atoms with Crippen LogP contribution < -0.4 is 10.2 Å². The Kier molecular flexibility index (Phi) is 4.78. The Balaban J connectivity index is 1.31. The van der Waals surface area contributed by atoms with Crippen molar-refractivity contribution in [2.24, 2.45) is 0 Å². The molecule has 3 aromatic rings. The van der Waals surface area contributed by atoms with E-state index in [0.29, 0.717) is 23.5 Å². The van der Waals surface area contributed by atoms with Crippen LogP contribution in [0, 0.1) is 0 Å². The number of rotatable bonds is 4. The van der Waals surface area contributed by atoms with E-state index in [1.807, 2.05) is 35.3 Å². The van der Waals surface area contributed by atoms with Gasteiger partial charge in [-0.05, 0) is 56.8 Å². The number of hydrogen-bond acceptors (Lipinski definition) is 7. The second-order valence-corrected chi connectivity index (χ2v) is 7.56. The summed E-state index contributed by atoms with van der Waals surface area (Å²) < 4.78 is 7.46. The Morgan fingerprint density at radius 2 is 2.00 bits per heavy atom. The fourth-order valence-corrected chi connectivity index (χ4v) is 3.99. The molecule has 2 saturated heterocycles. The molecular weight excluding hydrogens is 354 g/mol. The molecule has 1 atom stereocenters. The molecule has 0 aromatic carbocycles. The molecule has 8 nitrogen and oxygen atoms in total. The Morgan fingerprint density at radius 1 is 1.07 bits per heavy atom. The summed E-state index contributed by atoms with van der Waals surface area (Å²) in [6.07, 6.45) is 9.91. The number of nitrogens with zero attached hydrogens (tertiary/aromatic N) is 6. The number of hydrogen-bond donors (Lipinski definition) is 1. The van der Waals surface area contributed by atoms with E-state index in [1.54, 1.807) is 0 Å². The minimum absolute atomic E-state index is 0.386. The van der Waals surface area contributed by atoms with Crippen LogP contribution in [0.4, 0.5) is 5.82 Å². The zero-order valence-electron chi connectivity index (χ0n) is 15.9. The van der Waals surface area contributed by atoms with E-state index >= 15 is 0 Å². The number of pyridine rings is 1. The third-order valence-electron chi connectivity index (χ3n) is 5.58. The molecule has 146 valence electrons. The van der Waals surface area contributed by atoms with Gasteiger partial charge in [0.2, 0.25) is 5.82 Å². The molecule has 1 unspecified atom stereocenters. The van der Waals surface area contributed by atoms with Crippen molar-refractivity contribution in [3.8, 4) is 23.0 Å². The van der Waals surface area contributed by atoms with Crippen molar-refractivity contribution in [2.75, 3.05) is 31.1 Å². The maximum Gasteiger partial charge on any atom is 0.278 e. The SMILES string of the molecule is c1cc(N2CCCCC2)ncc1-c1noc(-c2ccn(C3CCCNC3)n2)n1. The molecule has 0 bridgehead atoms. The van der Waals surface area contributed by atoms with E-state index in [0.717, 1.165) is 44.0 Å². The van der Waals surface area contributed by atoms with Gasteiger partial charge in [-0.1, -0.05) is 5.16 Å². The van der Waals surface area contributed by atoms with Crippen LogP contribution in [0.25, 0.3) is 23.0 Å². The molecule has 5 heterocycles. The molecule has 28 heavy (non-hydrogen) atoms. The van der Waals surface area contributed by atoms with Gasteiger partial charge < -0.3 is 14.7 Å². The van der Waals surface area contributed by atoms with E-state index < -0.39 is 0 Å². The normalized spacial score (nSPS) is 20.4. The van der Waals surface area contributed by atoms with Gasteiger partial charge in [0.05, 0.1) is 6.04 Å². The van der Waals surface area contributed by atoms with Gasteiger partial charge >= 0.3 is 0 Å². The predicted octanol–water partition coefficient (Wildman–Crippen LogP) is 2.91. The van der Waals surface area contributed by atoms with E-state index in [1.165, 1.54) is 25.7 Å². The summed E-state index contributed by atoms with van der Waals surface area (Å²) in [5, 5.41) is 12.2. The average molecular weight is 379 g/mol. The topological polar surface area (TPSA) is 84.9 Å². The molecule has 2 fully saturated rings. The van der Waals surface area contributed by atoms with Crippen LogP contribution in [-0.2, 0) is 0 Å². The van der Waals surface area contributed by atoms with Gasteiger partial charge in [0.15, 0.2) is 5.69 Å². The molecule has 5 rings (SSSR count). The monoisotopic (exact) mass is 379 g/mol. The Labute approximate surface area is 164 Å². The first kappa shape index (κ1) is 17.4. The highest BCUT2D eigenvalue weighted by Gasteiger charge is 2.19. The van der Waals surface area contributed by atoms with Crippen LogP contribution >= 0.6 is 0 Å². The zero-order valence-corrected chi connectivity index (χ0v) is 15.9. The van der Waals surface area contributed by atoms with E-state index in [2.05, 4.69) is 30.4 Å². The molecule has 1 N–H and O–H groups in total. The van der Waals surface area contributed by atoms with Gasteiger partial charge in [-0.15, -0.1) is 0 Å². The van der Waals surface area contributed by atoms with Crippen LogP contribution in [0.5, 0.6) is 0 Å². The molecule has 0 saturated carbocycles. The maximum atomic E-state index is 5.46. The van der Waals surface area contributed by atoms with Gasteiger partial charge in [-0.3, -0.25) is 4.68 Å². The lowest BCUT2D eigenvalue weighted by atomic mass is 10.1. The van der Waals surface area contributed by atoms with Crippen molar-refractivity contribution in [1.82, 2.24) is 30.2 Å². The first-order valence-electron chi connectivity index (χ1n) is 10.2. The summed E-state index contributed by atoms with van der Waals surface area (Å²) in [6.45, 7) is 4.20. The summed E-state index contributed by atoms with van der Waals surface area (Å²) in [6, 6.07) is 6.37. The second-order valence-electron chi connectivity index (χ2n) is 7.56. The van der Waals surface area contributed by atoms with Crippen LogP contribution in [0.15, 0.2) is 35.1 Å². The van der Waals surface area contributed by atoms with Gasteiger partial charge in [0.25, 0.3) is 5.89 Å². The molecule has 0 radical (unpaired) electrons. The van der Waals surface area contributed by atoms with Crippen molar-refractivity contribution in [2.45, 2.75) is 38.1 Å². The van der Waals surface area contributed by atoms with Crippen molar-refractivity contribution < 1.29 is 4.52 Å². The quantitative estimate of drug-likeness (QED) is 0.746. The fraction of sp³-hybridized carbons (Fsp3) is 0.500. The summed E-state index contributed by atoms with van der Waals surface area (Å²) >= 11 is 0. The largest absolute Gasteiger partial charge is 0.357 e. The Morgan fingerprint density at radius 3 is 2.79 bits per heavy atom. The summed E-state index contributed by atoms with van der Waals surface area (Å²) in [7, 11) is 0. The molecule has 8 heteroatoms. The highest BCUT2D eigenvalue weighted by atomic mass is 16.5. The number of piperidine rings is 2. The minimum atomic E-state index is 0.386. The smallest absolute Gasteiger partial charge is 0.278 e. The van der Waals surface area contributed by atoms with Gasteiger partial charge in [0.1, 0.15) is 5.82 Å². The fourth-order valence-electron chi connectivity index (χ4n) is 3.99. The summed E-state index contributed by atoms with van der Waals surface area (Å²) in [5.74, 6) is 2.01. The van der Waals surface area contributed by atoms with Crippen molar-refractivity contribution in [3.05, 3.63) is 30.6 Å². The molecule has 3 aromatic heterocycles. The maximum absolute atomic E-state index is 5.46. The van der Waals surface area contributed by atoms with E-state index in [4.69, 9.17) is 4.52 Å². The van der Waals surface area contributed by atoms with Crippen LogP contribution in [-0.4, -0.2) is 51.1 Å². The Bertz CT molecular complexity index is 905. The van der Waals surface area contributed by atoms with Crippen LogP contribution in [0.3, 0.4) is 0 Å². The molecule has 2 aliphatic heterocycles. The molecule has 0 aliphatic carbocycles. The van der Waals surface area contributed by atoms with E-state index in [-0.39, 0.29) is 0 Å². The Hall–Kier alpha value is -2.74. The minimum Gasteiger partial charge on any atom is -0.357 e. The lowest BCUT2D eigenvalue weighted by Crippen LogP contribution is -2.31. The van der Waals surface area contributed by atoms with E-state index in [9.17, 15) is 0 Å². The third kappa shape index (κ3) is 3.52. The molecule has 0 spiro atoms. The van der Waals surface area contributed by atoms with Crippen molar-refractivity contribution in [1.29, 1.82) is 0 Å². The lowest BCUT2D eigenvalue weighted by molar-refractivity contribution is 0.346. The number of nitrogens with one attached hydrogen (secondary N) is 1. The zero-order chi connectivity index (χ0) is 18.8. The van der Waals surface area contributed by atoms with Crippen molar-refractivity contribution >= 4 is 5.82 Å². The average Bonchev–Trinajstić information content (AvgIpc) is 3.45. The first-order chi connectivity index (χ1) is 13.9. The standard InChI is InChI=1S/C20H25N7O/c1-2-10-26(11-3-1)18-7-6-15(13-22-18)19-23-20(28-25-19)17-8-12-27(24-17)16-5-4-9-21-14-16/h6-8,12-13,16,21H,1-5,9-11,14H2. The highest BCUT2D eigenvalue weighted by Crippen LogP contribution is 2.24. The summed E-state index contributed by atoms with van der Waals surface area (Å²) in [4.78, 5) is 11.5. The summed E-state index contributed by atoms with van der Waals surface area (Å²) in [5.41, 5.74) is 1.56. The van der Waals surface area contributed by atoms with Gasteiger partial charge in [-0.2, -0.15) is 10.1 Å². The molecule has 2 aliphatic rings. The number of aromatic nitrogens is 5. The molecule has 0 amide bonds. The molecular formula is C20H25N7O. The van der Waals surface area contributed by atoms with Crippen LogP contribution in [0.2, 0.25) is 0 Å². The lowest BCUT2D eigenvalue weighted by Gasteiger charge is -2.27.